The fourth-order valence-electron chi connectivity index (χ4n) is 1.10. The van der Waals surface area contributed by atoms with Crippen molar-refractivity contribution in [1.29, 1.82) is 0 Å². The smallest absolute Gasteiger partial charge is 0.141 e. The third-order valence-corrected chi connectivity index (χ3v) is 2.02. The molecule has 0 saturated carbocycles. The third-order valence-electron chi connectivity index (χ3n) is 2.02. The highest BCUT2D eigenvalue weighted by Crippen LogP contribution is 2.29. The Labute approximate surface area is 78.0 Å². The monoisotopic (exact) mass is 182 g/mol. The van der Waals surface area contributed by atoms with Crippen molar-refractivity contribution < 1.29 is 4.39 Å². The lowest BCUT2D eigenvalue weighted by molar-refractivity contribution is 0.325. The van der Waals surface area contributed by atoms with Crippen LogP contribution in [0.2, 0.25) is 0 Å². The van der Waals surface area contributed by atoms with Gasteiger partial charge in [-0.25, -0.2) is 4.39 Å². The van der Waals surface area contributed by atoms with Crippen LogP contribution in [-0.4, -0.2) is 4.98 Å². The Morgan fingerprint density at radius 2 is 2.00 bits per heavy atom. The first-order valence-corrected chi connectivity index (χ1v) is 4.27. The van der Waals surface area contributed by atoms with E-state index in [0.717, 1.165) is 5.56 Å². The Morgan fingerprint density at radius 3 is 2.46 bits per heavy atom. The van der Waals surface area contributed by atoms with Crippen LogP contribution < -0.4 is 5.73 Å². The molecule has 2 nitrogen and oxygen atoms in total. The van der Waals surface area contributed by atoms with E-state index in [1.165, 1.54) is 12.3 Å². The summed E-state index contributed by atoms with van der Waals surface area (Å²) < 4.78 is 12.8. The molecule has 0 unspecified atom stereocenters. The Morgan fingerprint density at radius 1 is 1.38 bits per heavy atom. The van der Waals surface area contributed by atoms with Gasteiger partial charge < -0.3 is 5.73 Å². The van der Waals surface area contributed by atoms with Crippen LogP contribution in [0.3, 0.4) is 0 Å². The van der Waals surface area contributed by atoms with E-state index in [2.05, 4.69) is 4.98 Å². The van der Waals surface area contributed by atoms with Gasteiger partial charge in [-0.15, -0.1) is 0 Å². The van der Waals surface area contributed by atoms with E-state index < -0.39 is 0 Å². The van der Waals surface area contributed by atoms with Crippen molar-refractivity contribution in [3.8, 4) is 0 Å². The predicted molar refractivity (Wildman–Crippen MR) is 50.6 cm³/mol. The van der Waals surface area contributed by atoms with Crippen molar-refractivity contribution in [2.24, 2.45) is 11.1 Å². The van der Waals surface area contributed by atoms with E-state index >= 15 is 0 Å². The highest BCUT2D eigenvalue weighted by atomic mass is 19.1. The van der Waals surface area contributed by atoms with Crippen LogP contribution >= 0.6 is 0 Å². The third kappa shape index (κ3) is 2.49. The second-order valence-corrected chi connectivity index (χ2v) is 4.28. The molecule has 0 aromatic carbocycles. The van der Waals surface area contributed by atoms with Crippen molar-refractivity contribution in [1.82, 2.24) is 4.98 Å². The maximum absolute atomic E-state index is 12.8. The van der Waals surface area contributed by atoms with Gasteiger partial charge in [-0.2, -0.15) is 0 Å². The van der Waals surface area contributed by atoms with Gasteiger partial charge in [-0.1, -0.05) is 20.8 Å². The van der Waals surface area contributed by atoms with Crippen LogP contribution in [0.4, 0.5) is 4.39 Å². The minimum absolute atomic E-state index is 0.0739. The number of nitrogens with two attached hydrogens (primary N) is 1. The van der Waals surface area contributed by atoms with E-state index in [9.17, 15) is 4.39 Å². The Hall–Kier alpha value is -0.960. The molecule has 0 amide bonds. The van der Waals surface area contributed by atoms with Crippen molar-refractivity contribution >= 4 is 0 Å². The molecule has 0 aliphatic carbocycles. The molecule has 1 atom stereocenters. The number of nitrogens with zero attached hydrogens (tertiary/aromatic N) is 1. The average molecular weight is 182 g/mol. The van der Waals surface area contributed by atoms with Crippen LogP contribution in [0.25, 0.3) is 0 Å². The summed E-state index contributed by atoms with van der Waals surface area (Å²) in [6, 6.07) is 1.25. The van der Waals surface area contributed by atoms with Gasteiger partial charge in [0.1, 0.15) is 5.82 Å². The first kappa shape index (κ1) is 10.1. The minimum atomic E-state index is -0.336. The van der Waals surface area contributed by atoms with Crippen molar-refractivity contribution in [2.75, 3.05) is 0 Å². The van der Waals surface area contributed by atoms with Gasteiger partial charge in [0, 0.05) is 12.2 Å². The quantitative estimate of drug-likeness (QED) is 0.723. The lowest BCUT2D eigenvalue weighted by atomic mass is 9.84. The normalized spacial score (nSPS) is 14.2. The molecular formula is C10H15FN2. The van der Waals surface area contributed by atoms with Gasteiger partial charge in [0.2, 0.25) is 0 Å². The van der Waals surface area contributed by atoms with Gasteiger partial charge in [-0.3, -0.25) is 4.98 Å². The van der Waals surface area contributed by atoms with Gasteiger partial charge in [0.15, 0.2) is 0 Å². The summed E-state index contributed by atoms with van der Waals surface area (Å²) in [6.45, 7) is 6.05. The summed E-state index contributed by atoms with van der Waals surface area (Å²) in [6.07, 6.45) is 2.79. The lowest BCUT2D eigenvalue weighted by Crippen LogP contribution is -2.26. The molecule has 2 N–H and O–H groups in total. The topological polar surface area (TPSA) is 38.9 Å². The molecule has 13 heavy (non-hydrogen) atoms. The highest BCUT2D eigenvalue weighted by Gasteiger charge is 2.22. The summed E-state index contributed by atoms with van der Waals surface area (Å²) in [5.41, 5.74) is 6.60. The molecule has 0 fully saturated rings. The largest absolute Gasteiger partial charge is 0.323 e. The molecule has 0 radical (unpaired) electrons. The molecule has 72 valence electrons. The first-order valence-electron chi connectivity index (χ1n) is 4.27. The molecule has 3 heteroatoms. The van der Waals surface area contributed by atoms with Crippen LogP contribution in [0.5, 0.6) is 0 Å². The molecule has 1 aromatic heterocycles. The maximum Gasteiger partial charge on any atom is 0.141 e. The number of hydrogen-bond acceptors (Lipinski definition) is 2. The van der Waals surface area contributed by atoms with E-state index in [-0.39, 0.29) is 17.3 Å². The minimum Gasteiger partial charge on any atom is -0.323 e. The van der Waals surface area contributed by atoms with E-state index in [4.69, 9.17) is 5.73 Å². The molecular weight excluding hydrogens is 167 g/mol. The molecule has 1 aromatic rings. The summed E-state index contributed by atoms with van der Waals surface area (Å²) in [5.74, 6) is -0.336. The van der Waals surface area contributed by atoms with Crippen LogP contribution in [0, 0.1) is 11.2 Å². The Bertz CT molecular complexity index is 291. The summed E-state index contributed by atoms with van der Waals surface area (Å²) in [5, 5.41) is 0. The summed E-state index contributed by atoms with van der Waals surface area (Å²) in [4.78, 5) is 3.76. The molecule has 0 bridgehead atoms. The summed E-state index contributed by atoms with van der Waals surface area (Å²) >= 11 is 0. The van der Waals surface area contributed by atoms with E-state index in [0.29, 0.717) is 0 Å². The number of hydrogen-bond donors (Lipinski definition) is 1. The van der Waals surface area contributed by atoms with Crippen molar-refractivity contribution in [3.05, 3.63) is 29.8 Å². The maximum atomic E-state index is 12.8. The zero-order valence-corrected chi connectivity index (χ0v) is 8.21. The summed E-state index contributed by atoms with van der Waals surface area (Å²) in [7, 11) is 0. The fourth-order valence-corrected chi connectivity index (χ4v) is 1.10. The van der Waals surface area contributed by atoms with Gasteiger partial charge in [-0.05, 0) is 17.0 Å². The van der Waals surface area contributed by atoms with Gasteiger partial charge in [0.05, 0.1) is 6.20 Å². The van der Waals surface area contributed by atoms with Crippen molar-refractivity contribution in [2.45, 2.75) is 26.8 Å². The van der Waals surface area contributed by atoms with Crippen LogP contribution in [0.15, 0.2) is 18.5 Å². The molecule has 1 heterocycles. The zero-order valence-electron chi connectivity index (χ0n) is 8.21. The van der Waals surface area contributed by atoms with E-state index in [1.54, 1.807) is 6.20 Å². The standard InChI is InChI=1S/C10H15FN2/c1-10(2,3)9(12)7-4-8(11)6-13-5-7/h4-6,9H,12H2,1-3H3/t9-/m1/s1. The number of rotatable bonds is 1. The number of pyridine rings is 1. The second kappa shape index (κ2) is 3.42. The molecule has 0 spiro atoms. The molecule has 1 rings (SSSR count). The predicted octanol–water partition coefficient (Wildman–Crippen LogP) is 2.27. The lowest BCUT2D eigenvalue weighted by Gasteiger charge is -2.26. The first-order chi connectivity index (χ1) is 5.91. The van der Waals surface area contributed by atoms with Crippen LogP contribution in [0.1, 0.15) is 32.4 Å². The van der Waals surface area contributed by atoms with Crippen LogP contribution in [-0.2, 0) is 0 Å². The Balaban J connectivity index is 2.96. The zero-order chi connectivity index (χ0) is 10.1. The van der Waals surface area contributed by atoms with Gasteiger partial charge >= 0.3 is 0 Å². The SMILES string of the molecule is CC(C)(C)[C@H](N)c1cncc(F)c1. The number of halogens is 1. The average Bonchev–Trinajstić information content (AvgIpc) is 2.01. The highest BCUT2D eigenvalue weighted by molar-refractivity contribution is 5.16. The van der Waals surface area contributed by atoms with E-state index in [1.807, 2.05) is 20.8 Å². The van der Waals surface area contributed by atoms with Crippen molar-refractivity contribution in [3.63, 3.8) is 0 Å². The van der Waals surface area contributed by atoms with Gasteiger partial charge in [0.25, 0.3) is 0 Å². The number of aromatic nitrogens is 1. The molecule has 0 aliphatic heterocycles. The second-order valence-electron chi connectivity index (χ2n) is 4.28. The fraction of sp³-hybridized carbons (Fsp3) is 0.500. The molecule has 0 saturated heterocycles. The molecule has 0 aliphatic rings. The Kier molecular flexibility index (Phi) is 2.66.